The van der Waals surface area contributed by atoms with Gasteiger partial charge in [0.25, 0.3) is 0 Å². The van der Waals surface area contributed by atoms with Gasteiger partial charge in [-0.15, -0.1) is 0 Å². The molecule has 4 heteroatoms. The van der Waals surface area contributed by atoms with Crippen LogP contribution in [0.4, 0.5) is 0 Å². The van der Waals surface area contributed by atoms with Crippen LogP contribution in [0.2, 0.25) is 0 Å². The number of hydrogen-bond acceptors (Lipinski definition) is 2. The number of piperidine rings is 1. The molecule has 0 aliphatic carbocycles. The molecule has 0 bridgehead atoms. The maximum Gasteiger partial charge on any atom is 0.223 e. The van der Waals surface area contributed by atoms with E-state index in [9.17, 15) is 4.79 Å². The molecule has 1 aliphatic rings. The average Bonchev–Trinajstić information content (AvgIpc) is 2.46. The summed E-state index contributed by atoms with van der Waals surface area (Å²) in [5.41, 5.74) is 6.93. The largest absolute Gasteiger partial charge is 0.336 e. The highest BCUT2D eigenvalue weighted by atomic mass is 79.9. The molecule has 1 amide bonds. The number of hydrogen-bond donors (Lipinski definition) is 1. The van der Waals surface area contributed by atoms with Crippen LogP contribution in [-0.4, -0.2) is 29.4 Å². The van der Waals surface area contributed by atoms with Crippen molar-refractivity contribution >= 4 is 21.8 Å². The van der Waals surface area contributed by atoms with E-state index in [0.29, 0.717) is 13.0 Å². The summed E-state index contributed by atoms with van der Waals surface area (Å²) in [6.07, 6.45) is 4.61. The first-order chi connectivity index (χ1) is 9.57. The van der Waals surface area contributed by atoms with E-state index >= 15 is 0 Å². The summed E-state index contributed by atoms with van der Waals surface area (Å²) < 4.78 is 1.08. The molecular formula is C16H23BrN2O. The molecule has 0 aromatic heterocycles. The lowest BCUT2D eigenvalue weighted by molar-refractivity contribution is -0.138. The third kappa shape index (κ3) is 3.41. The number of carbonyl (C=O) groups excluding carboxylic acids is 1. The van der Waals surface area contributed by atoms with Crippen LogP contribution >= 0.6 is 15.9 Å². The third-order valence-electron chi connectivity index (χ3n) is 4.31. The molecule has 1 fully saturated rings. The van der Waals surface area contributed by atoms with Crippen molar-refractivity contribution in [3.8, 4) is 0 Å². The molecule has 1 unspecified atom stereocenters. The van der Waals surface area contributed by atoms with Gasteiger partial charge in [0.1, 0.15) is 0 Å². The van der Waals surface area contributed by atoms with Gasteiger partial charge in [-0.05, 0) is 44.2 Å². The lowest BCUT2D eigenvalue weighted by Gasteiger charge is -2.44. The van der Waals surface area contributed by atoms with E-state index in [4.69, 9.17) is 5.73 Å². The Bertz CT molecular complexity index is 477. The standard InChI is InChI=1S/C16H23BrN2O/c1-16(12-18)10-4-5-11-19(16)15(20)9-8-13-6-2-3-7-14(13)17/h2-3,6-7H,4-5,8-12,18H2,1H3. The van der Waals surface area contributed by atoms with E-state index in [0.717, 1.165) is 30.3 Å². The minimum absolute atomic E-state index is 0.150. The lowest BCUT2D eigenvalue weighted by atomic mass is 9.88. The Balaban J connectivity index is 1.99. The summed E-state index contributed by atoms with van der Waals surface area (Å²) in [5.74, 6) is 0.230. The molecule has 0 saturated carbocycles. The van der Waals surface area contributed by atoms with Crippen LogP contribution in [-0.2, 0) is 11.2 Å². The number of benzene rings is 1. The molecule has 1 saturated heterocycles. The first-order valence-electron chi connectivity index (χ1n) is 7.31. The monoisotopic (exact) mass is 338 g/mol. The van der Waals surface area contributed by atoms with Gasteiger partial charge in [0.2, 0.25) is 5.91 Å². The van der Waals surface area contributed by atoms with E-state index in [-0.39, 0.29) is 11.4 Å². The van der Waals surface area contributed by atoms with Crippen LogP contribution < -0.4 is 5.73 Å². The number of halogens is 1. The van der Waals surface area contributed by atoms with Crippen molar-refractivity contribution < 1.29 is 4.79 Å². The summed E-state index contributed by atoms with van der Waals surface area (Å²) in [7, 11) is 0. The van der Waals surface area contributed by atoms with Crippen molar-refractivity contribution in [2.24, 2.45) is 5.73 Å². The fourth-order valence-corrected chi connectivity index (χ4v) is 3.38. The number of nitrogens with two attached hydrogens (primary N) is 1. The number of rotatable bonds is 4. The Hall–Kier alpha value is -0.870. The Morgan fingerprint density at radius 3 is 2.85 bits per heavy atom. The molecule has 0 spiro atoms. The van der Waals surface area contributed by atoms with Gasteiger partial charge in [0, 0.05) is 24.0 Å². The highest BCUT2D eigenvalue weighted by molar-refractivity contribution is 9.10. The number of aryl methyl sites for hydroxylation is 1. The zero-order chi connectivity index (χ0) is 14.6. The Labute approximate surface area is 129 Å². The van der Waals surface area contributed by atoms with Crippen LogP contribution in [0.1, 0.15) is 38.2 Å². The molecule has 0 radical (unpaired) electrons. The van der Waals surface area contributed by atoms with E-state index in [2.05, 4.69) is 28.9 Å². The first kappa shape index (κ1) is 15.5. The molecule has 1 aromatic carbocycles. The van der Waals surface area contributed by atoms with Gasteiger partial charge in [-0.2, -0.15) is 0 Å². The molecule has 1 aliphatic heterocycles. The zero-order valence-electron chi connectivity index (χ0n) is 12.1. The van der Waals surface area contributed by atoms with E-state index < -0.39 is 0 Å². The minimum atomic E-state index is -0.150. The van der Waals surface area contributed by atoms with Crippen LogP contribution in [0.3, 0.4) is 0 Å². The Morgan fingerprint density at radius 1 is 1.40 bits per heavy atom. The van der Waals surface area contributed by atoms with Gasteiger partial charge in [0.05, 0.1) is 5.54 Å². The first-order valence-corrected chi connectivity index (χ1v) is 8.10. The molecule has 110 valence electrons. The molecule has 1 aromatic rings. The summed E-state index contributed by atoms with van der Waals surface area (Å²) in [6, 6.07) is 8.08. The summed E-state index contributed by atoms with van der Waals surface area (Å²) in [5, 5.41) is 0. The Morgan fingerprint density at radius 2 is 2.15 bits per heavy atom. The topological polar surface area (TPSA) is 46.3 Å². The van der Waals surface area contributed by atoms with Crippen LogP contribution in [0.5, 0.6) is 0 Å². The highest BCUT2D eigenvalue weighted by Crippen LogP contribution is 2.28. The van der Waals surface area contributed by atoms with Crippen molar-refractivity contribution in [2.75, 3.05) is 13.1 Å². The molecule has 20 heavy (non-hydrogen) atoms. The van der Waals surface area contributed by atoms with Gasteiger partial charge in [-0.25, -0.2) is 0 Å². The maximum atomic E-state index is 12.5. The SMILES string of the molecule is CC1(CN)CCCCN1C(=O)CCc1ccccc1Br. The quantitative estimate of drug-likeness (QED) is 0.916. The van der Waals surface area contributed by atoms with E-state index in [1.165, 1.54) is 12.0 Å². The van der Waals surface area contributed by atoms with Gasteiger partial charge in [-0.1, -0.05) is 34.1 Å². The summed E-state index contributed by atoms with van der Waals surface area (Å²) in [6.45, 7) is 3.51. The highest BCUT2D eigenvalue weighted by Gasteiger charge is 2.35. The molecular weight excluding hydrogens is 316 g/mol. The van der Waals surface area contributed by atoms with Crippen molar-refractivity contribution in [3.63, 3.8) is 0 Å². The van der Waals surface area contributed by atoms with Crippen LogP contribution in [0.25, 0.3) is 0 Å². The summed E-state index contributed by atoms with van der Waals surface area (Å²) in [4.78, 5) is 14.5. The fourth-order valence-electron chi connectivity index (χ4n) is 2.90. The van der Waals surface area contributed by atoms with Crippen molar-refractivity contribution in [2.45, 2.75) is 44.6 Å². The second-order valence-corrected chi connectivity index (χ2v) is 6.65. The second-order valence-electron chi connectivity index (χ2n) is 5.79. The van der Waals surface area contributed by atoms with E-state index in [1.807, 2.05) is 23.1 Å². The lowest BCUT2D eigenvalue weighted by Crippen LogP contribution is -2.56. The summed E-state index contributed by atoms with van der Waals surface area (Å²) >= 11 is 3.53. The van der Waals surface area contributed by atoms with Crippen molar-refractivity contribution in [1.29, 1.82) is 0 Å². The third-order valence-corrected chi connectivity index (χ3v) is 5.08. The number of likely N-dealkylation sites (tertiary alicyclic amines) is 1. The van der Waals surface area contributed by atoms with Crippen molar-refractivity contribution in [3.05, 3.63) is 34.3 Å². The molecule has 1 heterocycles. The molecule has 2 rings (SSSR count). The smallest absolute Gasteiger partial charge is 0.223 e. The second kappa shape index (κ2) is 6.72. The van der Waals surface area contributed by atoms with Crippen LogP contribution in [0, 0.1) is 0 Å². The predicted octanol–water partition coefficient (Wildman–Crippen LogP) is 3.11. The van der Waals surface area contributed by atoms with Gasteiger partial charge >= 0.3 is 0 Å². The molecule has 1 atom stereocenters. The van der Waals surface area contributed by atoms with Gasteiger partial charge in [-0.3, -0.25) is 4.79 Å². The predicted molar refractivity (Wildman–Crippen MR) is 85.5 cm³/mol. The van der Waals surface area contributed by atoms with Gasteiger partial charge in [0.15, 0.2) is 0 Å². The maximum absolute atomic E-state index is 12.5. The molecule has 3 nitrogen and oxygen atoms in total. The van der Waals surface area contributed by atoms with Gasteiger partial charge < -0.3 is 10.6 Å². The number of amides is 1. The van der Waals surface area contributed by atoms with E-state index in [1.54, 1.807) is 0 Å². The minimum Gasteiger partial charge on any atom is -0.336 e. The zero-order valence-corrected chi connectivity index (χ0v) is 13.7. The number of carbonyl (C=O) groups is 1. The average molecular weight is 339 g/mol. The van der Waals surface area contributed by atoms with Crippen molar-refractivity contribution in [1.82, 2.24) is 4.90 Å². The van der Waals surface area contributed by atoms with Crippen LogP contribution in [0.15, 0.2) is 28.7 Å². The Kier molecular flexibility index (Phi) is 5.22. The fraction of sp³-hybridized carbons (Fsp3) is 0.562. The molecule has 2 N–H and O–H groups in total. The normalized spacial score (nSPS) is 22.9. The number of nitrogens with zero attached hydrogens (tertiary/aromatic N) is 1.